The lowest BCUT2D eigenvalue weighted by atomic mass is 10.1. The number of halogens is 1. The van der Waals surface area contributed by atoms with Crippen LogP contribution < -0.4 is 25.0 Å². The summed E-state index contributed by atoms with van der Waals surface area (Å²) in [5, 5.41) is 6.83. The Balaban J connectivity index is 1.63. The maximum Gasteiger partial charge on any atom is 0.258 e. The number of nitrogens with one attached hydrogen (secondary N) is 2. The Morgan fingerprint density at radius 3 is 2.39 bits per heavy atom. The SMILES string of the molecule is CCOc1cc(CNc2ccc(N3CCOCC3)cc2)c(Cl)cc1OCC(=O)NC(C)(C)C. The van der Waals surface area contributed by atoms with Crippen LogP contribution in [0, 0.1) is 0 Å². The van der Waals surface area contributed by atoms with Crippen LogP contribution in [0.2, 0.25) is 5.02 Å². The molecule has 3 rings (SSSR count). The Morgan fingerprint density at radius 2 is 1.76 bits per heavy atom. The number of ether oxygens (including phenoxy) is 3. The van der Waals surface area contributed by atoms with Crippen molar-refractivity contribution in [3.63, 3.8) is 0 Å². The van der Waals surface area contributed by atoms with Gasteiger partial charge < -0.3 is 29.7 Å². The van der Waals surface area contributed by atoms with E-state index in [-0.39, 0.29) is 18.1 Å². The Kier molecular flexibility index (Phi) is 8.69. The summed E-state index contributed by atoms with van der Waals surface area (Å²) in [7, 11) is 0. The standard InChI is InChI=1S/C25H34ClN3O4/c1-5-32-22-14-18(21(26)15-23(22)33-17-24(30)28-25(2,3)4)16-27-19-6-8-20(9-7-19)29-10-12-31-13-11-29/h6-9,14-15,27H,5,10-13,16-17H2,1-4H3,(H,28,30). The van der Waals surface area contributed by atoms with Gasteiger partial charge >= 0.3 is 0 Å². The van der Waals surface area contributed by atoms with E-state index in [4.69, 9.17) is 25.8 Å². The summed E-state index contributed by atoms with van der Waals surface area (Å²) in [4.78, 5) is 14.4. The first-order valence-electron chi connectivity index (χ1n) is 11.3. The summed E-state index contributed by atoms with van der Waals surface area (Å²) in [5.41, 5.74) is 2.75. The quantitative estimate of drug-likeness (QED) is 0.557. The molecule has 180 valence electrons. The summed E-state index contributed by atoms with van der Waals surface area (Å²) in [6.07, 6.45) is 0. The largest absolute Gasteiger partial charge is 0.490 e. The molecular weight excluding hydrogens is 442 g/mol. The number of rotatable bonds is 9. The predicted molar refractivity (Wildman–Crippen MR) is 133 cm³/mol. The fourth-order valence-electron chi connectivity index (χ4n) is 3.50. The Bertz CT molecular complexity index is 922. The summed E-state index contributed by atoms with van der Waals surface area (Å²) in [6, 6.07) is 11.9. The van der Waals surface area contributed by atoms with E-state index in [1.807, 2.05) is 33.8 Å². The van der Waals surface area contributed by atoms with Crippen LogP contribution in [-0.4, -0.2) is 51.0 Å². The van der Waals surface area contributed by atoms with Crippen molar-refractivity contribution in [1.29, 1.82) is 0 Å². The molecule has 0 radical (unpaired) electrons. The molecule has 0 atom stereocenters. The topological polar surface area (TPSA) is 72.1 Å². The van der Waals surface area contributed by atoms with E-state index in [0.29, 0.717) is 29.7 Å². The van der Waals surface area contributed by atoms with E-state index in [1.54, 1.807) is 6.07 Å². The number of anilines is 2. The Morgan fingerprint density at radius 1 is 1.09 bits per heavy atom. The average molecular weight is 476 g/mol. The highest BCUT2D eigenvalue weighted by molar-refractivity contribution is 6.31. The molecular formula is C25H34ClN3O4. The van der Waals surface area contributed by atoms with E-state index >= 15 is 0 Å². The first-order valence-corrected chi connectivity index (χ1v) is 11.7. The highest BCUT2D eigenvalue weighted by Gasteiger charge is 2.17. The van der Waals surface area contributed by atoms with Gasteiger partial charge in [0.25, 0.3) is 5.91 Å². The molecule has 1 fully saturated rings. The maximum absolute atomic E-state index is 12.1. The molecule has 0 aliphatic carbocycles. The normalized spacial score (nSPS) is 14.0. The number of amides is 1. The van der Waals surface area contributed by atoms with Gasteiger partial charge in [0, 0.05) is 47.6 Å². The molecule has 2 N–H and O–H groups in total. The second-order valence-electron chi connectivity index (χ2n) is 8.91. The van der Waals surface area contributed by atoms with E-state index in [1.165, 1.54) is 5.69 Å². The average Bonchev–Trinajstić information content (AvgIpc) is 2.78. The van der Waals surface area contributed by atoms with Gasteiger partial charge in [-0.1, -0.05) is 11.6 Å². The monoisotopic (exact) mass is 475 g/mol. The van der Waals surface area contributed by atoms with Gasteiger partial charge in [0.1, 0.15) is 0 Å². The van der Waals surface area contributed by atoms with Gasteiger partial charge in [-0.25, -0.2) is 0 Å². The van der Waals surface area contributed by atoms with Crippen LogP contribution >= 0.6 is 11.6 Å². The summed E-state index contributed by atoms with van der Waals surface area (Å²) < 4.78 is 16.9. The molecule has 0 spiro atoms. The van der Waals surface area contributed by atoms with Crippen molar-refractivity contribution in [2.75, 3.05) is 49.7 Å². The predicted octanol–water partition coefficient (Wildman–Crippen LogP) is 4.48. The van der Waals surface area contributed by atoms with Gasteiger partial charge in [-0.2, -0.15) is 0 Å². The molecule has 1 heterocycles. The third-order valence-electron chi connectivity index (χ3n) is 5.01. The second kappa shape index (κ2) is 11.5. The number of hydrogen-bond acceptors (Lipinski definition) is 6. The van der Waals surface area contributed by atoms with E-state index in [9.17, 15) is 4.79 Å². The van der Waals surface area contributed by atoms with Crippen molar-refractivity contribution in [3.05, 3.63) is 47.0 Å². The molecule has 0 unspecified atom stereocenters. The molecule has 2 aromatic rings. The molecule has 0 aromatic heterocycles. The van der Waals surface area contributed by atoms with E-state index in [2.05, 4.69) is 39.8 Å². The van der Waals surface area contributed by atoms with Crippen molar-refractivity contribution >= 4 is 28.9 Å². The van der Waals surface area contributed by atoms with Crippen molar-refractivity contribution in [3.8, 4) is 11.5 Å². The summed E-state index contributed by atoms with van der Waals surface area (Å²) in [5.74, 6) is 0.807. The lowest BCUT2D eigenvalue weighted by Gasteiger charge is -2.29. The van der Waals surface area contributed by atoms with Gasteiger partial charge in [-0.05, 0) is 63.6 Å². The van der Waals surface area contributed by atoms with Crippen LogP contribution in [0.4, 0.5) is 11.4 Å². The lowest BCUT2D eigenvalue weighted by Crippen LogP contribution is -2.43. The molecule has 1 aliphatic rings. The fourth-order valence-corrected chi connectivity index (χ4v) is 3.72. The lowest BCUT2D eigenvalue weighted by molar-refractivity contribution is -0.124. The van der Waals surface area contributed by atoms with E-state index in [0.717, 1.165) is 37.6 Å². The molecule has 33 heavy (non-hydrogen) atoms. The number of benzene rings is 2. The summed E-state index contributed by atoms with van der Waals surface area (Å²) in [6.45, 7) is 11.9. The third-order valence-corrected chi connectivity index (χ3v) is 5.36. The second-order valence-corrected chi connectivity index (χ2v) is 9.32. The first kappa shape index (κ1) is 25.0. The Labute approximate surface area is 201 Å². The van der Waals surface area contributed by atoms with Crippen molar-refractivity contribution < 1.29 is 19.0 Å². The molecule has 0 bridgehead atoms. The molecule has 1 saturated heterocycles. The number of morpholine rings is 1. The van der Waals surface area contributed by atoms with Crippen molar-refractivity contribution in [2.45, 2.75) is 39.8 Å². The van der Waals surface area contributed by atoms with Gasteiger partial charge in [0.2, 0.25) is 0 Å². The van der Waals surface area contributed by atoms with Crippen LogP contribution in [0.15, 0.2) is 36.4 Å². The van der Waals surface area contributed by atoms with Gasteiger partial charge in [0.05, 0.1) is 19.8 Å². The number of nitrogens with zero attached hydrogens (tertiary/aromatic N) is 1. The van der Waals surface area contributed by atoms with Crippen LogP contribution in [0.1, 0.15) is 33.3 Å². The first-order chi connectivity index (χ1) is 15.7. The molecule has 2 aromatic carbocycles. The van der Waals surface area contributed by atoms with Crippen LogP contribution in [0.5, 0.6) is 11.5 Å². The van der Waals surface area contributed by atoms with E-state index < -0.39 is 0 Å². The van der Waals surface area contributed by atoms with Crippen LogP contribution in [-0.2, 0) is 16.1 Å². The molecule has 7 nitrogen and oxygen atoms in total. The maximum atomic E-state index is 12.1. The fraction of sp³-hybridized carbons (Fsp3) is 0.480. The highest BCUT2D eigenvalue weighted by atomic mass is 35.5. The Hall–Kier alpha value is -2.64. The minimum atomic E-state index is -0.323. The van der Waals surface area contributed by atoms with Gasteiger partial charge in [-0.3, -0.25) is 4.79 Å². The van der Waals surface area contributed by atoms with Crippen molar-refractivity contribution in [1.82, 2.24) is 5.32 Å². The number of hydrogen-bond donors (Lipinski definition) is 2. The highest BCUT2D eigenvalue weighted by Crippen LogP contribution is 2.34. The number of carbonyl (C=O) groups is 1. The smallest absolute Gasteiger partial charge is 0.258 e. The van der Waals surface area contributed by atoms with Gasteiger partial charge in [-0.15, -0.1) is 0 Å². The minimum Gasteiger partial charge on any atom is -0.490 e. The van der Waals surface area contributed by atoms with Gasteiger partial charge in [0.15, 0.2) is 18.1 Å². The van der Waals surface area contributed by atoms with Crippen LogP contribution in [0.3, 0.4) is 0 Å². The zero-order chi connectivity index (χ0) is 23.8. The zero-order valence-corrected chi connectivity index (χ0v) is 20.6. The van der Waals surface area contributed by atoms with Crippen molar-refractivity contribution in [2.24, 2.45) is 0 Å². The molecule has 1 amide bonds. The zero-order valence-electron chi connectivity index (χ0n) is 19.9. The molecule has 1 aliphatic heterocycles. The minimum absolute atomic E-state index is 0.110. The molecule has 0 saturated carbocycles. The van der Waals surface area contributed by atoms with Crippen LogP contribution in [0.25, 0.3) is 0 Å². The number of carbonyl (C=O) groups excluding carboxylic acids is 1. The third kappa shape index (κ3) is 7.72. The summed E-state index contributed by atoms with van der Waals surface area (Å²) >= 11 is 6.52. The molecule has 8 heteroatoms.